The number of aryl methyl sites for hydroxylation is 1. The summed E-state index contributed by atoms with van der Waals surface area (Å²) in [7, 11) is 0. The van der Waals surface area contributed by atoms with Crippen LogP contribution in [0.15, 0.2) is 89.9 Å². The Morgan fingerprint density at radius 1 is 0.944 bits per heavy atom. The molecule has 6 nitrogen and oxygen atoms in total. The van der Waals surface area contributed by atoms with Gasteiger partial charge in [-0.25, -0.2) is 0 Å². The van der Waals surface area contributed by atoms with Gasteiger partial charge in [-0.05, 0) is 55.7 Å². The maximum absolute atomic E-state index is 13.4. The Hall–Kier alpha value is -4.45. The van der Waals surface area contributed by atoms with Crippen molar-refractivity contribution in [1.29, 1.82) is 0 Å². The normalized spacial score (nSPS) is 12.5. The first-order valence-corrected chi connectivity index (χ1v) is 12.2. The SMILES string of the molecule is C[C@H](Oc1ccc2c(c1)c1ccnc3c4ccccc4c(=O)n2c13)C(=O)NCCCc1ccccc1. The molecule has 0 bridgehead atoms. The molecule has 3 heterocycles. The van der Waals surface area contributed by atoms with Gasteiger partial charge >= 0.3 is 0 Å². The number of carbonyl (C=O) groups excluding carboxylic acids is 1. The van der Waals surface area contributed by atoms with E-state index in [-0.39, 0.29) is 11.5 Å². The molecule has 1 N–H and O–H groups in total. The molecule has 6 rings (SSSR count). The third kappa shape index (κ3) is 3.71. The van der Waals surface area contributed by atoms with Crippen LogP contribution in [-0.4, -0.2) is 27.9 Å². The van der Waals surface area contributed by atoms with Crippen molar-refractivity contribution in [3.8, 4) is 5.75 Å². The van der Waals surface area contributed by atoms with Gasteiger partial charge in [0, 0.05) is 34.3 Å². The number of pyridine rings is 2. The zero-order valence-electron chi connectivity index (χ0n) is 19.9. The van der Waals surface area contributed by atoms with Gasteiger partial charge in [0.2, 0.25) is 0 Å². The standard InChI is InChI=1S/C30H25N3O3/c1-19(29(34)32-16-7-10-20-8-3-2-4-9-20)36-21-13-14-26-25(18-21)23-15-17-31-27-22-11-5-6-12-24(22)30(35)33(26)28(23)27/h2-6,8-9,11-15,17-19H,7,10,16H2,1H3,(H,32,34)/t19-/m0/s1. The minimum atomic E-state index is -0.647. The lowest BCUT2D eigenvalue weighted by Crippen LogP contribution is -2.36. The molecule has 3 aromatic carbocycles. The number of rotatable bonds is 7. The summed E-state index contributed by atoms with van der Waals surface area (Å²) in [4.78, 5) is 30.6. The van der Waals surface area contributed by atoms with Crippen molar-refractivity contribution in [2.45, 2.75) is 25.9 Å². The summed E-state index contributed by atoms with van der Waals surface area (Å²) in [6.45, 7) is 2.34. The minimum absolute atomic E-state index is 0.0667. The highest BCUT2D eigenvalue weighted by Gasteiger charge is 2.19. The number of nitrogens with one attached hydrogen (secondary N) is 1. The first kappa shape index (κ1) is 22.0. The smallest absolute Gasteiger partial charge is 0.263 e. The van der Waals surface area contributed by atoms with Crippen LogP contribution in [0.3, 0.4) is 0 Å². The van der Waals surface area contributed by atoms with Crippen LogP contribution in [-0.2, 0) is 11.2 Å². The molecule has 0 saturated heterocycles. The second kappa shape index (κ2) is 8.96. The van der Waals surface area contributed by atoms with E-state index >= 15 is 0 Å². The molecule has 36 heavy (non-hydrogen) atoms. The number of benzene rings is 3. The number of hydrogen-bond donors (Lipinski definition) is 1. The predicted molar refractivity (Wildman–Crippen MR) is 143 cm³/mol. The average molecular weight is 476 g/mol. The van der Waals surface area contributed by atoms with Crippen LogP contribution < -0.4 is 15.6 Å². The average Bonchev–Trinajstić information content (AvgIpc) is 3.25. The number of aromatic nitrogens is 2. The molecule has 0 aliphatic heterocycles. The van der Waals surface area contributed by atoms with E-state index in [4.69, 9.17) is 4.74 Å². The monoisotopic (exact) mass is 475 g/mol. The molecule has 0 aliphatic rings. The highest BCUT2D eigenvalue weighted by atomic mass is 16.5. The Morgan fingerprint density at radius 3 is 2.56 bits per heavy atom. The lowest BCUT2D eigenvalue weighted by atomic mass is 10.1. The molecule has 0 fully saturated rings. The summed E-state index contributed by atoms with van der Waals surface area (Å²) in [6.07, 6.45) is 2.90. The summed E-state index contributed by atoms with van der Waals surface area (Å²) in [5.41, 5.74) is 3.58. The second-order valence-electron chi connectivity index (χ2n) is 9.06. The predicted octanol–water partition coefficient (Wildman–Crippen LogP) is 5.11. The first-order valence-electron chi connectivity index (χ1n) is 12.2. The van der Waals surface area contributed by atoms with Crippen LogP contribution in [0, 0.1) is 0 Å². The van der Waals surface area contributed by atoms with E-state index in [1.807, 2.05) is 66.7 Å². The van der Waals surface area contributed by atoms with Gasteiger partial charge in [-0.3, -0.25) is 19.0 Å². The van der Waals surface area contributed by atoms with E-state index in [0.29, 0.717) is 17.7 Å². The Labute approximate surface area is 207 Å². The topological polar surface area (TPSA) is 72.7 Å². The third-order valence-corrected chi connectivity index (χ3v) is 6.73. The fourth-order valence-electron chi connectivity index (χ4n) is 4.97. The van der Waals surface area contributed by atoms with Crippen LogP contribution in [0.1, 0.15) is 18.9 Å². The van der Waals surface area contributed by atoms with E-state index in [0.717, 1.165) is 45.6 Å². The number of fused-ring (bicyclic) bond motifs is 5. The molecule has 0 saturated carbocycles. The summed E-state index contributed by atoms with van der Waals surface area (Å²) in [6, 6.07) is 25.3. The zero-order chi connectivity index (χ0) is 24.6. The molecule has 1 amide bonds. The molecule has 0 spiro atoms. The number of ether oxygens (including phenoxy) is 1. The second-order valence-corrected chi connectivity index (χ2v) is 9.06. The van der Waals surface area contributed by atoms with Gasteiger partial charge in [-0.2, -0.15) is 0 Å². The van der Waals surface area contributed by atoms with Crippen molar-refractivity contribution >= 4 is 44.0 Å². The number of nitrogens with zero attached hydrogens (tertiary/aromatic N) is 2. The van der Waals surface area contributed by atoms with Gasteiger partial charge in [0.05, 0.1) is 16.6 Å². The summed E-state index contributed by atoms with van der Waals surface area (Å²) < 4.78 is 7.74. The van der Waals surface area contributed by atoms with Crippen molar-refractivity contribution in [3.63, 3.8) is 0 Å². The van der Waals surface area contributed by atoms with Gasteiger partial charge in [-0.1, -0.05) is 48.5 Å². The van der Waals surface area contributed by atoms with Crippen LogP contribution in [0.2, 0.25) is 0 Å². The Morgan fingerprint density at radius 2 is 1.72 bits per heavy atom. The molecule has 0 aliphatic carbocycles. The largest absolute Gasteiger partial charge is 0.481 e. The van der Waals surface area contributed by atoms with Crippen molar-refractivity contribution in [2.24, 2.45) is 0 Å². The molecule has 178 valence electrons. The molecule has 0 unspecified atom stereocenters. The number of carbonyl (C=O) groups is 1. The molecule has 6 aromatic rings. The van der Waals surface area contributed by atoms with Gasteiger partial charge < -0.3 is 10.1 Å². The van der Waals surface area contributed by atoms with Gasteiger partial charge in [0.25, 0.3) is 11.5 Å². The number of hydrogen-bond acceptors (Lipinski definition) is 4. The molecule has 6 heteroatoms. The molecule has 0 radical (unpaired) electrons. The van der Waals surface area contributed by atoms with Crippen molar-refractivity contribution in [2.75, 3.05) is 6.54 Å². The van der Waals surface area contributed by atoms with E-state index in [1.54, 1.807) is 17.5 Å². The molecule has 1 atom stereocenters. The Balaban J connectivity index is 1.26. The van der Waals surface area contributed by atoms with Crippen molar-refractivity contribution < 1.29 is 9.53 Å². The Bertz CT molecular complexity index is 1780. The quantitative estimate of drug-likeness (QED) is 0.257. The molecular formula is C30H25N3O3. The van der Waals surface area contributed by atoms with E-state index in [2.05, 4.69) is 22.4 Å². The summed E-state index contributed by atoms with van der Waals surface area (Å²) in [5.74, 6) is 0.427. The summed E-state index contributed by atoms with van der Waals surface area (Å²) in [5, 5.41) is 6.27. The van der Waals surface area contributed by atoms with Crippen LogP contribution in [0.4, 0.5) is 0 Å². The van der Waals surface area contributed by atoms with Crippen LogP contribution >= 0.6 is 0 Å². The van der Waals surface area contributed by atoms with Gasteiger partial charge in [0.1, 0.15) is 5.75 Å². The Kier molecular flexibility index (Phi) is 5.49. The zero-order valence-corrected chi connectivity index (χ0v) is 19.9. The lowest BCUT2D eigenvalue weighted by molar-refractivity contribution is -0.127. The highest BCUT2D eigenvalue weighted by molar-refractivity contribution is 6.18. The summed E-state index contributed by atoms with van der Waals surface area (Å²) >= 11 is 0. The third-order valence-electron chi connectivity index (χ3n) is 6.73. The van der Waals surface area contributed by atoms with E-state index in [9.17, 15) is 9.59 Å². The van der Waals surface area contributed by atoms with Crippen molar-refractivity contribution in [3.05, 3.63) is 101 Å². The molecular weight excluding hydrogens is 450 g/mol. The van der Waals surface area contributed by atoms with Gasteiger partial charge in [0.15, 0.2) is 6.10 Å². The van der Waals surface area contributed by atoms with E-state index < -0.39 is 6.10 Å². The highest BCUT2D eigenvalue weighted by Crippen LogP contribution is 2.34. The number of amides is 1. The first-order chi connectivity index (χ1) is 17.6. The van der Waals surface area contributed by atoms with Gasteiger partial charge in [-0.15, -0.1) is 0 Å². The molecule has 3 aromatic heterocycles. The fraction of sp³-hybridized carbons (Fsp3) is 0.167. The van der Waals surface area contributed by atoms with Crippen molar-refractivity contribution in [1.82, 2.24) is 14.7 Å². The van der Waals surface area contributed by atoms with E-state index in [1.165, 1.54) is 5.56 Å². The van der Waals surface area contributed by atoms with Crippen LogP contribution in [0.5, 0.6) is 5.75 Å². The fourth-order valence-corrected chi connectivity index (χ4v) is 4.97. The maximum atomic E-state index is 13.4. The maximum Gasteiger partial charge on any atom is 0.263 e. The minimum Gasteiger partial charge on any atom is -0.481 e. The lowest BCUT2D eigenvalue weighted by Gasteiger charge is -2.15. The van der Waals surface area contributed by atoms with Crippen LogP contribution in [0.25, 0.3) is 38.1 Å².